The first-order chi connectivity index (χ1) is 13.2. The number of nitro benzene ring substituents is 1. The van der Waals surface area contributed by atoms with E-state index >= 15 is 0 Å². The lowest BCUT2D eigenvalue weighted by molar-refractivity contribution is -0.384. The van der Waals surface area contributed by atoms with Gasteiger partial charge in [0.1, 0.15) is 5.75 Å². The van der Waals surface area contributed by atoms with Gasteiger partial charge in [-0.1, -0.05) is 19.8 Å². The molecule has 0 aliphatic carbocycles. The molecular weight excluding hydrogens is 360 g/mol. The van der Waals surface area contributed by atoms with Crippen molar-refractivity contribution in [3.05, 3.63) is 56.8 Å². The number of piperidine rings is 1. The van der Waals surface area contributed by atoms with E-state index in [-0.39, 0.29) is 10.6 Å². The fraction of sp³-hybridized carbons (Fsp3) is 0.524. The third kappa shape index (κ3) is 5.53. The lowest BCUT2D eigenvalue weighted by Crippen LogP contribution is -2.42. The minimum atomic E-state index is -0.383. The van der Waals surface area contributed by atoms with Gasteiger partial charge in [-0.25, -0.2) is 0 Å². The summed E-state index contributed by atoms with van der Waals surface area (Å²) in [6.07, 6.45) is 4.96. The SMILES string of the molecule is CCCCCN1CC[C@@H](c2ccsc2)[C@H](COc2ccc([N+](=O)[O-])cc2)C1. The Bertz CT molecular complexity index is 703. The zero-order valence-corrected chi connectivity index (χ0v) is 16.7. The zero-order chi connectivity index (χ0) is 19.1. The molecule has 6 heteroatoms. The molecule has 0 unspecified atom stereocenters. The lowest BCUT2D eigenvalue weighted by Gasteiger charge is -2.38. The van der Waals surface area contributed by atoms with Gasteiger partial charge < -0.3 is 9.64 Å². The molecule has 1 saturated heterocycles. The van der Waals surface area contributed by atoms with Crippen LogP contribution in [0.15, 0.2) is 41.1 Å². The smallest absolute Gasteiger partial charge is 0.269 e. The van der Waals surface area contributed by atoms with E-state index in [2.05, 4.69) is 28.7 Å². The highest BCUT2D eigenvalue weighted by Gasteiger charge is 2.31. The molecule has 3 rings (SSSR count). The molecule has 146 valence electrons. The molecule has 5 nitrogen and oxygen atoms in total. The molecule has 0 bridgehead atoms. The Hall–Kier alpha value is -1.92. The average molecular weight is 389 g/mol. The molecular formula is C21H28N2O3S. The van der Waals surface area contributed by atoms with Gasteiger partial charge in [0.05, 0.1) is 11.5 Å². The first-order valence-electron chi connectivity index (χ1n) is 9.79. The highest BCUT2D eigenvalue weighted by Crippen LogP contribution is 2.35. The number of hydrogen-bond donors (Lipinski definition) is 0. The fourth-order valence-corrected chi connectivity index (χ4v) is 4.58. The van der Waals surface area contributed by atoms with Crippen molar-refractivity contribution in [1.29, 1.82) is 0 Å². The maximum atomic E-state index is 10.8. The molecule has 0 spiro atoms. The predicted octanol–water partition coefficient (Wildman–Crippen LogP) is 5.33. The van der Waals surface area contributed by atoms with Crippen molar-refractivity contribution >= 4 is 17.0 Å². The van der Waals surface area contributed by atoms with E-state index in [0.717, 1.165) is 26.1 Å². The molecule has 0 N–H and O–H groups in total. The van der Waals surface area contributed by atoms with Crippen molar-refractivity contribution in [2.75, 3.05) is 26.2 Å². The van der Waals surface area contributed by atoms with Crippen LogP contribution in [0.4, 0.5) is 5.69 Å². The largest absolute Gasteiger partial charge is 0.493 e. The van der Waals surface area contributed by atoms with Gasteiger partial charge in [-0.3, -0.25) is 10.1 Å². The number of hydrogen-bond acceptors (Lipinski definition) is 5. The third-order valence-electron chi connectivity index (χ3n) is 5.38. The van der Waals surface area contributed by atoms with Gasteiger partial charge >= 0.3 is 0 Å². The van der Waals surface area contributed by atoms with Crippen LogP contribution in [-0.2, 0) is 0 Å². The topological polar surface area (TPSA) is 55.6 Å². The summed E-state index contributed by atoms with van der Waals surface area (Å²) in [5.74, 6) is 1.66. The minimum absolute atomic E-state index is 0.0956. The van der Waals surface area contributed by atoms with E-state index in [9.17, 15) is 10.1 Å². The quantitative estimate of drug-likeness (QED) is 0.331. The van der Waals surface area contributed by atoms with Gasteiger partial charge in [0.15, 0.2) is 0 Å². The van der Waals surface area contributed by atoms with E-state index in [0.29, 0.717) is 24.2 Å². The Labute approximate surface area is 165 Å². The maximum Gasteiger partial charge on any atom is 0.269 e. The normalized spacial score (nSPS) is 20.5. The summed E-state index contributed by atoms with van der Waals surface area (Å²) in [5, 5.41) is 15.2. The molecule has 1 aromatic heterocycles. The summed E-state index contributed by atoms with van der Waals surface area (Å²) < 4.78 is 6.04. The lowest BCUT2D eigenvalue weighted by atomic mass is 9.82. The zero-order valence-electron chi connectivity index (χ0n) is 15.9. The molecule has 0 saturated carbocycles. The highest BCUT2D eigenvalue weighted by molar-refractivity contribution is 7.07. The van der Waals surface area contributed by atoms with Gasteiger partial charge in [-0.05, 0) is 66.4 Å². The first-order valence-corrected chi connectivity index (χ1v) is 10.7. The summed E-state index contributed by atoms with van der Waals surface area (Å²) in [5.41, 5.74) is 1.52. The van der Waals surface area contributed by atoms with Gasteiger partial charge in [0.25, 0.3) is 5.69 Å². The summed E-state index contributed by atoms with van der Waals surface area (Å²) in [6, 6.07) is 8.63. The van der Waals surface area contributed by atoms with Crippen molar-refractivity contribution in [1.82, 2.24) is 4.90 Å². The summed E-state index contributed by atoms with van der Waals surface area (Å²) >= 11 is 1.75. The molecule has 2 atom stereocenters. The summed E-state index contributed by atoms with van der Waals surface area (Å²) in [4.78, 5) is 13.0. The molecule has 0 radical (unpaired) electrons. The number of likely N-dealkylation sites (tertiary alicyclic amines) is 1. The Morgan fingerprint density at radius 1 is 1.26 bits per heavy atom. The van der Waals surface area contributed by atoms with Crippen molar-refractivity contribution in [2.45, 2.75) is 38.5 Å². The number of nitro groups is 1. The summed E-state index contributed by atoms with van der Waals surface area (Å²) in [6.45, 7) is 6.25. The van der Waals surface area contributed by atoms with Crippen molar-refractivity contribution < 1.29 is 9.66 Å². The van der Waals surface area contributed by atoms with Crippen LogP contribution in [0.2, 0.25) is 0 Å². The Kier molecular flexibility index (Phi) is 7.24. The van der Waals surface area contributed by atoms with Crippen LogP contribution < -0.4 is 4.74 Å². The van der Waals surface area contributed by atoms with Crippen LogP contribution in [0.25, 0.3) is 0 Å². The van der Waals surface area contributed by atoms with Crippen LogP contribution in [-0.4, -0.2) is 36.1 Å². The standard InChI is InChI=1S/C21H28N2O3S/c1-2-3-4-11-22-12-9-21(17-10-13-27-16-17)18(14-22)15-26-20-7-5-19(6-8-20)23(24)25/h5-8,10,13,16,18,21H,2-4,9,11-12,14-15H2,1H3/t18-,21-/m0/s1. The average Bonchev–Trinajstić information content (AvgIpc) is 3.21. The second-order valence-corrected chi connectivity index (χ2v) is 8.06. The van der Waals surface area contributed by atoms with Crippen LogP contribution in [0.5, 0.6) is 5.75 Å². The number of rotatable bonds is 9. The van der Waals surface area contributed by atoms with E-state index in [1.165, 1.54) is 37.0 Å². The monoisotopic (exact) mass is 388 g/mol. The van der Waals surface area contributed by atoms with Gasteiger partial charge in [-0.15, -0.1) is 0 Å². The number of unbranched alkanes of at least 4 members (excludes halogenated alkanes) is 2. The van der Waals surface area contributed by atoms with Crippen molar-refractivity contribution in [2.24, 2.45) is 5.92 Å². The second-order valence-electron chi connectivity index (χ2n) is 7.28. The molecule has 2 heterocycles. The van der Waals surface area contributed by atoms with Crippen molar-refractivity contribution in [3.8, 4) is 5.75 Å². The van der Waals surface area contributed by atoms with Crippen molar-refractivity contribution in [3.63, 3.8) is 0 Å². The van der Waals surface area contributed by atoms with Crippen LogP contribution >= 0.6 is 11.3 Å². The molecule has 27 heavy (non-hydrogen) atoms. The van der Waals surface area contributed by atoms with Crippen LogP contribution in [0.3, 0.4) is 0 Å². The highest BCUT2D eigenvalue weighted by atomic mass is 32.1. The summed E-state index contributed by atoms with van der Waals surface area (Å²) in [7, 11) is 0. The predicted molar refractivity (Wildman–Crippen MR) is 110 cm³/mol. The first kappa shape index (κ1) is 19.8. The molecule has 1 aromatic carbocycles. The van der Waals surface area contributed by atoms with E-state index < -0.39 is 0 Å². The van der Waals surface area contributed by atoms with Gasteiger partial charge in [-0.2, -0.15) is 11.3 Å². The Balaban J connectivity index is 1.62. The minimum Gasteiger partial charge on any atom is -0.493 e. The Morgan fingerprint density at radius 2 is 2.07 bits per heavy atom. The number of non-ortho nitro benzene ring substituents is 1. The number of thiophene rings is 1. The molecule has 2 aromatic rings. The second kappa shape index (κ2) is 9.85. The molecule has 1 fully saturated rings. The maximum absolute atomic E-state index is 10.8. The van der Waals surface area contributed by atoms with Crippen LogP contribution in [0, 0.1) is 16.0 Å². The number of ether oxygens (including phenoxy) is 1. The van der Waals surface area contributed by atoms with Gasteiger partial charge in [0, 0.05) is 24.6 Å². The fourth-order valence-electron chi connectivity index (χ4n) is 3.86. The van der Waals surface area contributed by atoms with E-state index in [4.69, 9.17) is 4.74 Å². The van der Waals surface area contributed by atoms with E-state index in [1.807, 2.05) is 0 Å². The van der Waals surface area contributed by atoms with Gasteiger partial charge in [0.2, 0.25) is 0 Å². The molecule has 1 aliphatic heterocycles. The van der Waals surface area contributed by atoms with E-state index in [1.54, 1.807) is 23.5 Å². The Morgan fingerprint density at radius 3 is 2.74 bits per heavy atom. The third-order valence-corrected chi connectivity index (χ3v) is 6.08. The molecule has 1 aliphatic rings. The molecule has 0 amide bonds. The number of nitrogens with zero attached hydrogens (tertiary/aromatic N) is 2. The van der Waals surface area contributed by atoms with Crippen LogP contribution in [0.1, 0.15) is 44.1 Å². The number of benzene rings is 1.